The number of methoxy groups -OCH3 is 4. The van der Waals surface area contributed by atoms with E-state index in [9.17, 15) is 0 Å². The fourth-order valence-corrected chi connectivity index (χ4v) is 8.32. The Labute approximate surface area is 447 Å². The van der Waals surface area contributed by atoms with E-state index < -0.39 is 0 Å². The van der Waals surface area contributed by atoms with Crippen LogP contribution in [0.25, 0.3) is 23.8 Å². The van der Waals surface area contributed by atoms with Crippen molar-refractivity contribution in [3.05, 3.63) is 220 Å². The maximum Gasteiger partial charge on any atom is 0.119 e. The monoisotopic (exact) mass is 1020 g/mol. The fraction of sp³-hybridized carbons (Fsp3) is 0.215. The third kappa shape index (κ3) is 15.1. The molecule has 0 saturated carbocycles. The highest BCUT2D eigenvalue weighted by molar-refractivity contribution is 6.11. The van der Waals surface area contributed by atoms with E-state index >= 15 is 0 Å². The lowest BCUT2D eigenvalue weighted by atomic mass is 9.95. The Morgan fingerprint density at radius 1 is 0.500 bits per heavy atom. The molecule has 1 N–H and O–H groups in total. The molecule has 1 aromatic heterocycles. The lowest BCUT2D eigenvalue weighted by Gasteiger charge is -2.25. The zero-order valence-corrected chi connectivity index (χ0v) is 44.1. The molecular formula is C65H65N3O8. The van der Waals surface area contributed by atoms with Gasteiger partial charge in [-0.15, -0.1) is 0 Å². The zero-order valence-electron chi connectivity index (χ0n) is 44.1. The molecule has 0 bridgehead atoms. The SMILES string of the molecule is COCCOCCOc1ccc(/C=C/C2=NC(=C(/c3ccc(C#Cc4ccc(N(c5ccc(OC)cc5)c5ccc(OC)cc5)cc4)cc3)c3[nH]c(/C=C/c4ccc(OCCOCCOC)cc4)cc3C)/C(C)=C2)cc1. The number of aliphatic imine (C=N–C) groups is 1. The second-order valence-electron chi connectivity index (χ2n) is 17.7. The number of aromatic amines is 1. The summed E-state index contributed by atoms with van der Waals surface area (Å²) >= 11 is 0. The molecule has 0 amide bonds. The molecule has 11 heteroatoms. The molecule has 0 aliphatic carbocycles. The molecule has 11 nitrogen and oxygen atoms in total. The molecule has 1 aliphatic heterocycles. The van der Waals surface area contributed by atoms with Crippen LogP contribution in [0, 0.1) is 18.8 Å². The van der Waals surface area contributed by atoms with Gasteiger partial charge in [0, 0.05) is 53.7 Å². The maximum absolute atomic E-state index is 5.86. The standard InChI is InChI=1S/C65H65N3O8/c1-47-45-54(21-11-51-15-29-61(30-16-51)75-43-41-73-39-37-69-3)66-64(47)63(65-48(2)46-55(67-65)22-12-52-17-31-62(32-18-52)76-44-42-74-40-38-70-4)53-19-9-49(10-20-53)7-8-50-13-23-56(24-14-50)68(57-25-33-59(71-5)34-26-57)58-27-35-60(72-6)36-28-58/h9-36,45-46,66H,37-44H2,1-6H3/b21-11+,22-12+,65-63-. The van der Waals surface area contributed by atoms with Gasteiger partial charge >= 0.3 is 0 Å². The third-order valence-corrected chi connectivity index (χ3v) is 12.3. The minimum atomic E-state index is 0.469. The Kier molecular flexibility index (Phi) is 19.7. The minimum absolute atomic E-state index is 0.469. The van der Waals surface area contributed by atoms with Gasteiger partial charge in [0.05, 0.1) is 71.0 Å². The smallest absolute Gasteiger partial charge is 0.119 e. The predicted molar refractivity (Wildman–Crippen MR) is 307 cm³/mol. The highest BCUT2D eigenvalue weighted by Gasteiger charge is 2.21. The molecule has 7 aromatic rings. The average molecular weight is 1020 g/mol. The van der Waals surface area contributed by atoms with Crippen LogP contribution < -0.4 is 23.8 Å². The van der Waals surface area contributed by atoms with Gasteiger partial charge in [0.25, 0.3) is 0 Å². The van der Waals surface area contributed by atoms with Crippen LogP contribution in [-0.2, 0) is 18.9 Å². The molecule has 2 heterocycles. The number of aryl methyl sites for hydroxylation is 1. The molecule has 0 unspecified atom stereocenters. The van der Waals surface area contributed by atoms with E-state index in [1.165, 1.54) is 0 Å². The van der Waals surface area contributed by atoms with E-state index in [4.69, 9.17) is 42.9 Å². The van der Waals surface area contributed by atoms with Crippen LogP contribution >= 0.6 is 0 Å². The van der Waals surface area contributed by atoms with Crippen molar-refractivity contribution in [2.24, 2.45) is 4.99 Å². The third-order valence-electron chi connectivity index (χ3n) is 12.3. The van der Waals surface area contributed by atoms with Crippen LogP contribution in [0.5, 0.6) is 23.0 Å². The van der Waals surface area contributed by atoms with Crippen molar-refractivity contribution < 1.29 is 37.9 Å². The van der Waals surface area contributed by atoms with Crippen LogP contribution in [0.15, 0.2) is 180 Å². The number of ether oxygens (including phenoxy) is 8. The second-order valence-corrected chi connectivity index (χ2v) is 17.7. The van der Waals surface area contributed by atoms with Gasteiger partial charge in [0.1, 0.15) is 36.2 Å². The summed E-state index contributed by atoms with van der Waals surface area (Å²) in [6.07, 6.45) is 10.4. The summed E-state index contributed by atoms with van der Waals surface area (Å²) in [5.74, 6) is 9.97. The summed E-state index contributed by atoms with van der Waals surface area (Å²) in [5, 5.41) is 0. The van der Waals surface area contributed by atoms with E-state index in [-0.39, 0.29) is 0 Å². The van der Waals surface area contributed by atoms with Gasteiger partial charge in [-0.1, -0.05) is 60.4 Å². The van der Waals surface area contributed by atoms with Gasteiger partial charge in [0.15, 0.2) is 0 Å². The van der Waals surface area contributed by atoms with Crippen LogP contribution in [0.2, 0.25) is 0 Å². The number of H-pyrrole nitrogens is 1. The van der Waals surface area contributed by atoms with Gasteiger partial charge in [0.2, 0.25) is 0 Å². The first-order valence-corrected chi connectivity index (χ1v) is 25.3. The molecule has 0 fully saturated rings. The van der Waals surface area contributed by atoms with E-state index in [2.05, 4.69) is 121 Å². The number of nitrogens with zero attached hydrogens (tertiary/aromatic N) is 2. The van der Waals surface area contributed by atoms with Gasteiger partial charge < -0.3 is 47.8 Å². The number of benzene rings is 6. The van der Waals surface area contributed by atoms with Gasteiger partial charge in [-0.3, -0.25) is 0 Å². The van der Waals surface area contributed by atoms with E-state index in [1.54, 1.807) is 28.4 Å². The summed E-state index contributed by atoms with van der Waals surface area (Å²) in [6, 6.07) is 51.0. The highest BCUT2D eigenvalue weighted by atomic mass is 16.5. The molecule has 0 saturated heterocycles. The molecule has 8 rings (SSSR count). The number of rotatable bonds is 25. The summed E-state index contributed by atoms with van der Waals surface area (Å²) in [6.45, 7) is 8.41. The predicted octanol–water partition coefficient (Wildman–Crippen LogP) is 13.3. The van der Waals surface area contributed by atoms with Crippen molar-refractivity contribution in [3.63, 3.8) is 0 Å². The molecule has 1 aliphatic rings. The highest BCUT2D eigenvalue weighted by Crippen LogP contribution is 2.38. The summed E-state index contributed by atoms with van der Waals surface area (Å²) in [7, 11) is 6.66. The minimum Gasteiger partial charge on any atom is -0.497 e. The van der Waals surface area contributed by atoms with E-state index in [1.807, 2.05) is 97.1 Å². The Balaban J connectivity index is 1.03. The fourth-order valence-electron chi connectivity index (χ4n) is 8.32. The summed E-state index contributed by atoms with van der Waals surface area (Å²) in [4.78, 5) is 11.2. The van der Waals surface area contributed by atoms with Crippen LogP contribution in [-0.4, -0.2) is 92.0 Å². The van der Waals surface area contributed by atoms with Crippen LogP contribution in [0.1, 0.15) is 51.7 Å². The Hall–Kier alpha value is -8.37. The first kappa shape index (κ1) is 53.9. The Bertz CT molecular complexity index is 3130. The Morgan fingerprint density at radius 2 is 0.947 bits per heavy atom. The molecule has 0 atom stereocenters. The van der Waals surface area contributed by atoms with Gasteiger partial charge in [-0.25, -0.2) is 4.99 Å². The first-order chi connectivity index (χ1) is 37.3. The number of aromatic nitrogens is 1. The first-order valence-electron chi connectivity index (χ1n) is 25.3. The second kappa shape index (κ2) is 27.8. The number of hydrogen-bond donors (Lipinski definition) is 1. The number of hydrogen-bond acceptors (Lipinski definition) is 10. The number of nitrogens with one attached hydrogen (secondary N) is 1. The van der Waals surface area contributed by atoms with Crippen molar-refractivity contribution >= 4 is 46.6 Å². The van der Waals surface area contributed by atoms with Crippen molar-refractivity contribution in [2.75, 3.05) is 86.2 Å². The largest absolute Gasteiger partial charge is 0.497 e. The van der Waals surface area contributed by atoms with E-state index in [0.717, 1.165) is 107 Å². The van der Waals surface area contributed by atoms with Crippen molar-refractivity contribution in [3.8, 4) is 34.8 Å². The van der Waals surface area contributed by atoms with E-state index in [0.29, 0.717) is 52.9 Å². The Morgan fingerprint density at radius 3 is 1.43 bits per heavy atom. The summed E-state index contributed by atoms with van der Waals surface area (Å²) < 4.78 is 43.7. The number of anilines is 3. The van der Waals surface area contributed by atoms with Crippen LogP contribution in [0.3, 0.4) is 0 Å². The lowest BCUT2D eigenvalue weighted by Crippen LogP contribution is -2.09. The summed E-state index contributed by atoms with van der Waals surface area (Å²) in [5.41, 5.74) is 14.8. The van der Waals surface area contributed by atoms with Gasteiger partial charge in [-0.05, 0) is 175 Å². The maximum atomic E-state index is 5.86. The quantitative estimate of drug-likeness (QED) is 0.0443. The molecule has 6 aromatic carbocycles. The van der Waals surface area contributed by atoms with Crippen molar-refractivity contribution in [1.82, 2.24) is 4.98 Å². The van der Waals surface area contributed by atoms with Crippen molar-refractivity contribution in [2.45, 2.75) is 13.8 Å². The molecular weight excluding hydrogens is 951 g/mol. The topological polar surface area (TPSA) is 105 Å². The molecule has 76 heavy (non-hydrogen) atoms. The normalized spacial score (nSPS) is 12.8. The average Bonchev–Trinajstić information content (AvgIpc) is 4.02. The molecule has 0 spiro atoms. The van der Waals surface area contributed by atoms with Crippen LogP contribution in [0.4, 0.5) is 17.1 Å². The van der Waals surface area contributed by atoms with Crippen molar-refractivity contribution in [1.29, 1.82) is 0 Å². The molecule has 0 radical (unpaired) electrons. The zero-order chi connectivity index (χ0) is 52.9. The molecule has 388 valence electrons. The lowest BCUT2D eigenvalue weighted by molar-refractivity contribution is 0.0544. The van der Waals surface area contributed by atoms with Gasteiger partial charge in [-0.2, -0.15) is 0 Å². The number of allylic oxidation sites excluding steroid dienone is 3.